The zero-order valence-electron chi connectivity index (χ0n) is 11.7. The fourth-order valence-electron chi connectivity index (χ4n) is 2.46. The molecule has 1 aromatic carbocycles. The first-order chi connectivity index (χ1) is 10.1. The summed E-state index contributed by atoms with van der Waals surface area (Å²) < 4.78 is 11.2. The third-order valence-corrected chi connectivity index (χ3v) is 3.90. The zero-order valence-corrected chi connectivity index (χ0v) is 12.5. The van der Waals surface area contributed by atoms with Crippen LogP contribution < -0.4 is 0 Å². The lowest BCUT2D eigenvalue weighted by atomic mass is 10.1. The van der Waals surface area contributed by atoms with E-state index < -0.39 is 0 Å². The summed E-state index contributed by atoms with van der Waals surface area (Å²) in [6.45, 7) is 3.34. The van der Waals surface area contributed by atoms with E-state index in [1.807, 2.05) is 31.2 Å². The first kappa shape index (κ1) is 14.2. The summed E-state index contributed by atoms with van der Waals surface area (Å²) in [7, 11) is 0. The Balaban J connectivity index is 1.77. The standard InChI is InChI=1S/C16H16ClNO3/c1-11-6-7-14(21-11)16(19)18-8-9-20-15(10-18)12-4-2-3-5-13(12)17/h2-7,15H,8-10H2,1H3. The molecular weight excluding hydrogens is 290 g/mol. The molecular formula is C16H16ClNO3. The molecule has 5 heteroatoms. The number of rotatable bonds is 2. The number of carbonyl (C=O) groups excluding carboxylic acids is 1. The van der Waals surface area contributed by atoms with Crippen LogP contribution in [0.4, 0.5) is 0 Å². The molecule has 0 N–H and O–H groups in total. The molecule has 110 valence electrons. The van der Waals surface area contributed by atoms with Crippen molar-refractivity contribution in [3.63, 3.8) is 0 Å². The molecule has 1 fully saturated rings. The second-order valence-electron chi connectivity index (χ2n) is 5.04. The van der Waals surface area contributed by atoms with Gasteiger partial charge in [0.2, 0.25) is 0 Å². The first-order valence-corrected chi connectivity index (χ1v) is 7.24. The summed E-state index contributed by atoms with van der Waals surface area (Å²) in [4.78, 5) is 14.2. The maximum absolute atomic E-state index is 12.4. The van der Waals surface area contributed by atoms with Crippen LogP contribution in [0, 0.1) is 6.92 Å². The number of nitrogens with zero attached hydrogens (tertiary/aromatic N) is 1. The minimum atomic E-state index is -0.201. The van der Waals surface area contributed by atoms with Crippen molar-refractivity contribution in [2.45, 2.75) is 13.0 Å². The SMILES string of the molecule is Cc1ccc(C(=O)N2CCOC(c3ccccc3Cl)C2)o1. The number of hydrogen-bond acceptors (Lipinski definition) is 3. The Labute approximate surface area is 128 Å². The van der Waals surface area contributed by atoms with E-state index >= 15 is 0 Å². The van der Waals surface area contributed by atoms with E-state index in [-0.39, 0.29) is 12.0 Å². The summed E-state index contributed by atoms with van der Waals surface area (Å²) in [6.07, 6.45) is -0.201. The minimum Gasteiger partial charge on any atom is -0.456 e. The average Bonchev–Trinajstić information content (AvgIpc) is 2.94. The van der Waals surface area contributed by atoms with Gasteiger partial charge in [0.1, 0.15) is 11.9 Å². The summed E-state index contributed by atoms with van der Waals surface area (Å²) in [5.41, 5.74) is 0.910. The highest BCUT2D eigenvalue weighted by atomic mass is 35.5. The van der Waals surface area contributed by atoms with Crippen molar-refractivity contribution < 1.29 is 13.9 Å². The van der Waals surface area contributed by atoms with Gasteiger partial charge in [-0.1, -0.05) is 29.8 Å². The van der Waals surface area contributed by atoms with Crippen molar-refractivity contribution >= 4 is 17.5 Å². The molecule has 1 amide bonds. The molecule has 1 aromatic heterocycles. The Bertz CT molecular complexity index is 652. The van der Waals surface area contributed by atoms with Gasteiger partial charge in [-0.2, -0.15) is 0 Å². The Morgan fingerprint density at radius 3 is 2.81 bits per heavy atom. The first-order valence-electron chi connectivity index (χ1n) is 6.87. The van der Waals surface area contributed by atoms with Gasteiger partial charge in [0, 0.05) is 17.1 Å². The molecule has 3 rings (SSSR count). The number of halogens is 1. The molecule has 0 aliphatic carbocycles. The molecule has 0 saturated carbocycles. The van der Waals surface area contributed by atoms with Crippen LogP contribution in [-0.2, 0) is 4.74 Å². The average molecular weight is 306 g/mol. The Morgan fingerprint density at radius 2 is 2.10 bits per heavy atom. The van der Waals surface area contributed by atoms with Gasteiger partial charge in [-0.15, -0.1) is 0 Å². The molecule has 21 heavy (non-hydrogen) atoms. The highest BCUT2D eigenvalue weighted by molar-refractivity contribution is 6.31. The van der Waals surface area contributed by atoms with E-state index in [1.165, 1.54) is 0 Å². The van der Waals surface area contributed by atoms with Crippen LogP contribution in [0.3, 0.4) is 0 Å². The molecule has 1 aliphatic rings. The minimum absolute atomic E-state index is 0.108. The van der Waals surface area contributed by atoms with Gasteiger partial charge in [0.15, 0.2) is 5.76 Å². The molecule has 0 bridgehead atoms. The molecule has 2 aromatic rings. The van der Waals surface area contributed by atoms with Crippen LogP contribution in [-0.4, -0.2) is 30.5 Å². The summed E-state index contributed by atoms with van der Waals surface area (Å²) in [6, 6.07) is 11.1. The lowest BCUT2D eigenvalue weighted by Crippen LogP contribution is -2.42. The Hall–Kier alpha value is -1.78. The number of benzene rings is 1. The van der Waals surface area contributed by atoms with Crippen LogP contribution in [0.15, 0.2) is 40.8 Å². The highest BCUT2D eigenvalue weighted by Crippen LogP contribution is 2.28. The number of hydrogen-bond donors (Lipinski definition) is 0. The number of carbonyl (C=O) groups is 1. The van der Waals surface area contributed by atoms with Crippen molar-refractivity contribution in [3.05, 3.63) is 58.5 Å². The van der Waals surface area contributed by atoms with Crippen LogP contribution >= 0.6 is 11.6 Å². The molecule has 1 atom stereocenters. The van der Waals surface area contributed by atoms with Crippen molar-refractivity contribution in [1.29, 1.82) is 0 Å². The van der Waals surface area contributed by atoms with Gasteiger partial charge in [-0.3, -0.25) is 4.79 Å². The Kier molecular flexibility index (Phi) is 3.99. The third kappa shape index (κ3) is 2.96. The zero-order chi connectivity index (χ0) is 14.8. The third-order valence-electron chi connectivity index (χ3n) is 3.56. The maximum atomic E-state index is 12.4. The van der Waals surface area contributed by atoms with E-state index in [0.29, 0.717) is 30.5 Å². The number of aryl methyl sites for hydroxylation is 1. The largest absolute Gasteiger partial charge is 0.456 e. The second-order valence-corrected chi connectivity index (χ2v) is 5.45. The lowest BCUT2D eigenvalue weighted by Gasteiger charge is -2.33. The van der Waals surface area contributed by atoms with Gasteiger partial charge in [0.05, 0.1) is 13.2 Å². The lowest BCUT2D eigenvalue weighted by molar-refractivity contribution is -0.0237. The van der Waals surface area contributed by atoms with Crippen LogP contribution in [0.5, 0.6) is 0 Å². The van der Waals surface area contributed by atoms with Crippen molar-refractivity contribution in [1.82, 2.24) is 4.90 Å². The second kappa shape index (κ2) is 5.92. The molecule has 1 saturated heterocycles. The van der Waals surface area contributed by atoms with Crippen molar-refractivity contribution in [2.75, 3.05) is 19.7 Å². The van der Waals surface area contributed by atoms with E-state index in [2.05, 4.69) is 0 Å². The maximum Gasteiger partial charge on any atom is 0.289 e. The molecule has 1 unspecified atom stereocenters. The fraction of sp³-hybridized carbons (Fsp3) is 0.312. The predicted octanol–water partition coefficient (Wildman–Crippen LogP) is 3.46. The topological polar surface area (TPSA) is 42.7 Å². The fourth-order valence-corrected chi connectivity index (χ4v) is 2.72. The van der Waals surface area contributed by atoms with Crippen molar-refractivity contribution in [2.24, 2.45) is 0 Å². The van der Waals surface area contributed by atoms with Gasteiger partial charge in [0.25, 0.3) is 5.91 Å². The van der Waals surface area contributed by atoms with Gasteiger partial charge >= 0.3 is 0 Å². The van der Waals surface area contributed by atoms with Gasteiger partial charge in [-0.05, 0) is 25.1 Å². The number of amides is 1. The highest BCUT2D eigenvalue weighted by Gasteiger charge is 2.28. The van der Waals surface area contributed by atoms with Gasteiger partial charge in [-0.25, -0.2) is 0 Å². The predicted molar refractivity (Wildman–Crippen MR) is 79.5 cm³/mol. The molecule has 0 spiro atoms. The monoisotopic (exact) mass is 305 g/mol. The number of morpholine rings is 1. The van der Waals surface area contributed by atoms with Crippen LogP contribution in [0.2, 0.25) is 5.02 Å². The van der Waals surface area contributed by atoms with Crippen molar-refractivity contribution in [3.8, 4) is 0 Å². The molecule has 1 aliphatic heterocycles. The van der Waals surface area contributed by atoms with Gasteiger partial charge < -0.3 is 14.1 Å². The number of furan rings is 1. The summed E-state index contributed by atoms with van der Waals surface area (Å²) in [5.74, 6) is 0.991. The quantitative estimate of drug-likeness (QED) is 0.853. The molecule has 0 radical (unpaired) electrons. The number of ether oxygens (including phenoxy) is 1. The molecule has 2 heterocycles. The van der Waals surface area contributed by atoms with E-state index in [9.17, 15) is 4.79 Å². The Morgan fingerprint density at radius 1 is 1.29 bits per heavy atom. The summed E-state index contributed by atoms with van der Waals surface area (Å²) in [5, 5.41) is 0.658. The molecule has 4 nitrogen and oxygen atoms in total. The van der Waals surface area contributed by atoms with E-state index in [1.54, 1.807) is 17.0 Å². The van der Waals surface area contributed by atoms with Crippen LogP contribution in [0.25, 0.3) is 0 Å². The smallest absolute Gasteiger partial charge is 0.289 e. The van der Waals surface area contributed by atoms with E-state index in [4.69, 9.17) is 20.8 Å². The normalized spacial score (nSPS) is 18.8. The summed E-state index contributed by atoms with van der Waals surface area (Å²) >= 11 is 6.20. The van der Waals surface area contributed by atoms with Crippen LogP contribution in [0.1, 0.15) is 28.0 Å². The van der Waals surface area contributed by atoms with E-state index in [0.717, 1.165) is 11.3 Å².